The van der Waals surface area contributed by atoms with Crippen LogP contribution in [-0.4, -0.2) is 34.0 Å². The summed E-state index contributed by atoms with van der Waals surface area (Å²) in [6.07, 6.45) is 1.60. The number of hydrogen-bond donors (Lipinski definition) is 1. The van der Waals surface area contributed by atoms with Crippen LogP contribution in [0.5, 0.6) is 0 Å². The number of anilines is 3. The summed E-state index contributed by atoms with van der Waals surface area (Å²) in [5, 5.41) is 2.87. The average Bonchev–Trinajstić information content (AvgIpc) is 2.86. The van der Waals surface area contributed by atoms with Crippen molar-refractivity contribution in [1.82, 2.24) is 0 Å². The average molecular weight is 480 g/mol. The molecule has 1 N–H and O–H groups in total. The zero-order valence-electron chi connectivity index (χ0n) is 20.1. The first-order valence-electron chi connectivity index (χ1n) is 11.7. The maximum Gasteiger partial charge on any atom is 0.264 e. The summed E-state index contributed by atoms with van der Waals surface area (Å²) < 4.78 is 28.5. The molecule has 7 heteroatoms. The van der Waals surface area contributed by atoms with Crippen LogP contribution in [0.2, 0.25) is 0 Å². The van der Waals surface area contributed by atoms with Gasteiger partial charge in [-0.2, -0.15) is 0 Å². The van der Waals surface area contributed by atoms with E-state index in [0.717, 1.165) is 31.6 Å². The molecule has 0 heterocycles. The van der Waals surface area contributed by atoms with Crippen molar-refractivity contribution in [2.45, 2.75) is 38.5 Å². The predicted molar refractivity (Wildman–Crippen MR) is 140 cm³/mol. The first-order valence-corrected chi connectivity index (χ1v) is 13.2. The van der Waals surface area contributed by atoms with Gasteiger partial charge in [0.05, 0.1) is 10.6 Å². The lowest BCUT2D eigenvalue weighted by Crippen LogP contribution is -2.32. The van der Waals surface area contributed by atoms with Gasteiger partial charge in [0.15, 0.2) is 0 Å². The fraction of sp³-hybridized carbons (Fsp3) is 0.296. The molecule has 0 atom stereocenters. The van der Waals surface area contributed by atoms with Crippen LogP contribution >= 0.6 is 0 Å². The van der Waals surface area contributed by atoms with Crippen molar-refractivity contribution in [3.63, 3.8) is 0 Å². The molecule has 0 aliphatic heterocycles. The Kier molecular flexibility index (Phi) is 8.71. The van der Waals surface area contributed by atoms with E-state index in [4.69, 9.17) is 0 Å². The number of carbonyl (C=O) groups excluding carboxylic acids is 1. The van der Waals surface area contributed by atoms with E-state index >= 15 is 0 Å². The minimum Gasteiger partial charge on any atom is -0.372 e. The molecule has 0 spiro atoms. The third-order valence-corrected chi connectivity index (χ3v) is 7.52. The Morgan fingerprint density at radius 3 is 2.12 bits per heavy atom. The number of para-hydroxylation sites is 1. The van der Waals surface area contributed by atoms with Gasteiger partial charge in [-0.3, -0.25) is 9.10 Å². The normalized spacial score (nSPS) is 11.1. The van der Waals surface area contributed by atoms with E-state index in [1.165, 1.54) is 16.4 Å². The lowest BCUT2D eigenvalue weighted by Gasteiger charge is -2.24. The van der Waals surface area contributed by atoms with Gasteiger partial charge < -0.3 is 10.2 Å². The number of amides is 1. The molecule has 0 fully saturated rings. The highest BCUT2D eigenvalue weighted by atomic mass is 32.2. The maximum atomic E-state index is 13.5. The highest BCUT2D eigenvalue weighted by molar-refractivity contribution is 7.92. The molecule has 0 aliphatic rings. The minimum absolute atomic E-state index is 0.0944. The molecule has 0 unspecified atom stereocenters. The largest absolute Gasteiger partial charge is 0.372 e. The van der Waals surface area contributed by atoms with Crippen LogP contribution in [0.25, 0.3) is 0 Å². The first-order chi connectivity index (χ1) is 16.4. The molecule has 34 heavy (non-hydrogen) atoms. The Hall–Kier alpha value is -3.32. The predicted octanol–water partition coefficient (Wildman–Crippen LogP) is 5.78. The van der Waals surface area contributed by atoms with Crippen molar-refractivity contribution >= 4 is 33.0 Å². The highest BCUT2D eigenvalue weighted by Gasteiger charge is 2.25. The lowest BCUT2D eigenvalue weighted by atomic mass is 10.2. The number of nitrogens with zero attached hydrogens (tertiary/aromatic N) is 2. The fourth-order valence-electron chi connectivity index (χ4n) is 3.76. The number of rotatable bonds is 11. The minimum atomic E-state index is -3.83. The molecule has 3 aromatic rings. The molecule has 0 saturated carbocycles. The lowest BCUT2D eigenvalue weighted by molar-refractivity contribution is 0.102. The van der Waals surface area contributed by atoms with Crippen LogP contribution in [0.4, 0.5) is 17.1 Å². The topological polar surface area (TPSA) is 69.7 Å². The second-order valence-electron chi connectivity index (χ2n) is 7.97. The fourth-order valence-corrected chi connectivity index (χ4v) is 5.31. The SMILES string of the molecule is CCCCN(c1ccccc1)S(=O)(=O)c1cccc(C(=O)Nc2ccc(N(CC)CC)cc2)c1. The van der Waals surface area contributed by atoms with Crippen LogP contribution in [0.1, 0.15) is 44.0 Å². The Labute approximate surface area is 203 Å². The van der Waals surface area contributed by atoms with Gasteiger partial charge in [-0.05, 0) is 74.9 Å². The number of sulfonamides is 1. The first kappa shape index (κ1) is 25.3. The van der Waals surface area contributed by atoms with Crippen LogP contribution in [0.15, 0.2) is 83.8 Å². The standard InChI is InChI=1S/C27H33N3O3S/c1-4-7-20-30(25-13-9-8-10-14-25)34(32,33)26-15-11-12-22(21-26)27(31)28-23-16-18-24(19-17-23)29(5-2)6-3/h8-19,21H,4-7,20H2,1-3H3,(H,28,31). The van der Waals surface area contributed by atoms with E-state index in [2.05, 4.69) is 24.1 Å². The van der Waals surface area contributed by atoms with E-state index in [0.29, 0.717) is 17.9 Å². The molecule has 180 valence electrons. The van der Waals surface area contributed by atoms with Crippen molar-refractivity contribution in [2.75, 3.05) is 34.2 Å². The van der Waals surface area contributed by atoms with Gasteiger partial charge in [-0.15, -0.1) is 0 Å². The van der Waals surface area contributed by atoms with Gasteiger partial charge in [0.1, 0.15) is 0 Å². The second kappa shape index (κ2) is 11.7. The van der Waals surface area contributed by atoms with E-state index in [9.17, 15) is 13.2 Å². The number of unbranched alkanes of at least 4 members (excludes halogenated alkanes) is 1. The van der Waals surface area contributed by atoms with Gasteiger partial charge in [-0.25, -0.2) is 8.42 Å². The number of carbonyl (C=O) groups is 1. The molecular formula is C27H33N3O3S. The number of hydrogen-bond acceptors (Lipinski definition) is 4. The van der Waals surface area contributed by atoms with E-state index in [-0.39, 0.29) is 16.4 Å². The monoisotopic (exact) mass is 479 g/mol. The molecule has 0 saturated heterocycles. The zero-order valence-corrected chi connectivity index (χ0v) is 20.9. The van der Waals surface area contributed by atoms with Gasteiger partial charge in [-0.1, -0.05) is 37.6 Å². The summed E-state index contributed by atoms with van der Waals surface area (Å²) in [6, 6.07) is 22.9. The summed E-state index contributed by atoms with van der Waals surface area (Å²) >= 11 is 0. The van der Waals surface area contributed by atoms with Gasteiger partial charge >= 0.3 is 0 Å². The molecule has 0 bridgehead atoms. The summed E-state index contributed by atoms with van der Waals surface area (Å²) in [7, 11) is -3.83. The van der Waals surface area contributed by atoms with Crippen molar-refractivity contribution < 1.29 is 13.2 Å². The van der Waals surface area contributed by atoms with Crippen LogP contribution in [0.3, 0.4) is 0 Å². The summed E-state index contributed by atoms with van der Waals surface area (Å²) in [4.78, 5) is 15.2. The second-order valence-corrected chi connectivity index (χ2v) is 9.83. The summed E-state index contributed by atoms with van der Waals surface area (Å²) in [5.41, 5.74) is 2.64. The van der Waals surface area contributed by atoms with Gasteiger partial charge in [0, 0.05) is 36.6 Å². The summed E-state index contributed by atoms with van der Waals surface area (Å²) in [6.45, 7) is 8.40. The molecule has 6 nitrogen and oxygen atoms in total. The molecule has 0 aliphatic carbocycles. The van der Waals surface area contributed by atoms with Gasteiger partial charge in [0.2, 0.25) is 0 Å². The molecule has 0 radical (unpaired) electrons. The Balaban J connectivity index is 1.83. The molecular weight excluding hydrogens is 446 g/mol. The van der Waals surface area contributed by atoms with Crippen LogP contribution in [0, 0.1) is 0 Å². The van der Waals surface area contributed by atoms with Crippen molar-refractivity contribution in [2.24, 2.45) is 0 Å². The highest BCUT2D eigenvalue weighted by Crippen LogP contribution is 2.25. The van der Waals surface area contributed by atoms with Gasteiger partial charge in [0.25, 0.3) is 15.9 Å². The number of nitrogens with one attached hydrogen (secondary N) is 1. The Morgan fingerprint density at radius 1 is 0.824 bits per heavy atom. The Bertz CT molecular complexity index is 1180. The summed E-state index contributed by atoms with van der Waals surface area (Å²) in [5.74, 6) is -0.354. The van der Waals surface area contributed by atoms with E-state index in [1.54, 1.807) is 24.3 Å². The van der Waals surface area contributed by atoms with Crippen molar-refractivity contribution in [3.8, 4) is 0 Å². The Morgan fingerprint density at radius 2 is 1.50 bits per heavy atom. The molecule has 3 rings (SSSR count). The van der Waals surface area contributed by atoms with E-state index < -0.39 is 10.0 Å². The smallest absolute Gasteiger partial charge is 0.264 e. The van der Waals surface area contributed by atoms with Crippen LogP contribution in [-0.2, 0) is 10.0 Å². The van der Waals surface area contributed by atoms with Crippen molar-refractivity contribution in [1.29, 1.82) is 0 Å². The third-order valence-electron chi connectivity index (χ3n) is 5.70. The molecule has 1 amide bonds. The quantitative estimate of drug-likeness (QED) is 0.378. The maximum absolute atomic E-state index is 13.5. The van der Waals surface area contributed by atoms with Crippen molar-refractivity contribution in [3.05, 3.63) is 84.4 Å². The van der Waals surface area contributed by atoms with Crippen LogP contribution < -0.4 is 14.5 Å². The molecule has 0 aromatic heterocycles. The third kappa shape index (κ3) is 5.97. The number of benzene rings is 3. The molecule has 3 aromatic carbocycles. The zero-order chi connectivity index (χ0) is 24.6. The van der Waals surface area contributed by atoms with E-state index in [1.807, 2.05) is 49.4 Å².